The Morgan fingerprint density at radius 2 is 1.78 bits per heavy atom. The van der Waals surface area contributed by atoms with Crippen molar-refractivity contribution >= 4 is 17.6 Å². The number of carbonyl (C=O) groups excluding carboxylic acids is 2. The van der Waals surface area contributed by atoms with Crippen molar-refractivity contribution in [2.24, 2.45) is 5.41 Å². The first-order chi connectivity index (χ1) is 15.4. The highest BCUT2D eigenvalue weighted by molar-refractivity contribution is 5.92. The smallest absolute Gasteiger partial charge is 0.321 e. The minimum Gasteiger partial charge on any atom is -0.497 e. The van der Waals surface area contributed by atoms with E-state index in [1.807, 2.05) is 31.2 Å². The Labute approximate surface area is 188 Å². The number of nitrogens with one attached hydrogen (secondary N) is 2. The van der Waals surface area contributed by atoms with Gasteiger partial charge >= 0.3 is 6.03 Å². The summed E-state index contributed by atoms with van der Waals surface area (Å²) in [7, 11) is 4.72. The standard InChI is InChI=1S/C24H31N3O5/c1-24(22(28)25-15-17-7-5-8-18(13-17)30-2)11-6-12-27(16-24)23(29)26-20-14-19(31-3)9-10-21(20)32-4/h5,7-10,13-14H,6,11-12,15-16H2,1-4H3,(H,25,28)(H,26,29)/t24-/m0/s1. The molecule has 8 heteroatoms. The van der Waals surface area contributed by atoms with Crippen LogP contribution in [0.4, 0.5) is 10.5 Å². The number of hydrogen-bond donors (Lipinski definition) is 2. The van der Waals surface area contributed by atoms with Gasteiger partial charge in [-0.3, -0.25) is 4.79 Å². The van der Waals surface area contributed by atoms with E-state index in [1.165, 1.54) is 0 Å². The van der Waals surface area contributed by atoms with Crippen LogP contribution in [-0.4, -0.2) is 51.3 Å². The molecule has 2 aromatic rings. The Kier molecular flexibility index (Phi) is 7.45. The molecule has 0 saturated carbocycles. The van der Waals surface area contributed by atoms with Gasteiger partial charge in [0.2, 0.25) is 5.91 Å². The molecule has 32 heavy (non-hydrogen) atoms. The molecule has 2 N–H and O–H groups in total. The fraction of sp³-hybridized carbons (Fsp3) is 0.417. The average Bonchev–Trinajstić information content (AvgIpc) is 2.82. The van der Waals surface area contributed by atoms with Crippen molar-refractivity contribution in [2.45, 2.75) is 26.3 Å². The Hall–Kier alpha value is -3.42. The highest BCUT2D eigenvalue weighted by atomic mass is 16.5. The maximum atomic E-state index is 13.0. The predicted octanol–water partition coefficient (Wildman–Crippen LogP) is 3.66. The number of urea groups is 1. The van der Waals surface area contributed by atoms with Crippen LogP contribution < -0.4 is 24.8 Å². The van der Waals surface area contributed by atoms with Crippen molar-refractivity contribution in [1.82, 2.24) is 10.2 Å². The molecule has 0 aliphatic carbocycles. The van der Waals surface area contributed by atoms with Crippen molar-refractivity contribution in [1.29, 1.82) is 0 Å². The largest absolute Gasteiger partial charge is 0.497 e. The molecule has 8 nitrogen and oxygen atoms in total. The van der Waals surface area contributed by atoms with E-state index in [0.717, 1.165) is 17.7 Å². The van der Waals surface area contributed by atoms with Crippen molar-refractivity contribution in [3.8, 4) is 17.2 Å². The zero-order valence-corrected chi connectivity index (χ0v) is 19.1. The molecule has 1 aliphatic heterocycles. The van der Waals surface area contributed by atoms with E-state index in [9.17, 15) is 9.59 Å². The van der Waals surface area contributed by atoms with Gasteiger partial charge in [0, 0.05) is 25.7 Å². The molecular weight excluding hydrogens is 410 g/mol. The van der Waals surface area contributed by atoms with Crippen molar-refractivity contribution in [3.05, 3.63) is 48.0 Å². The number of piperidine rings is 1. The summed E-state index contributed by atoms with van der Waals surface area (Å²) in [6.45, 7) is 3.21. The van der Waals surface area contributed by atoms with Crippen molar-refractivity contribution < 1.29 is 23.8 Å². The molecule has 2 aromatic carbocycles. The van der Waals surface area contributed by atoms with Crippen LogP contribution in [0.3, 0.4) is 0 Å². The number of likely N-dealkylation sites (tertiary alicyclic amines) is 1. The fourth-order valence-electron chi connectivity index (χ4n) is 3.88. The second-order valence-corrected chi connectivity index (χ2v) is 8.12. The van der Waals surface area contributed by atoms with E-state index in [-0.39, 0.29) is 11.9 Å². The zero-order valence-electron chi connectivity index (χ0n) is 19.1. The third-order valence-electron chi connectivity index (χ3n) is 5.77. The first-order valence-electron chi connectivity index (χ1n) is 10.6. The first kappa shape index (κ1) is 23.2. The average molecular weight is 442 g/mol. The van der Waals surface area contributed by atoms with Gasteiger partial charge in [-0.25, -0.2) is 4.79 Å². The van der Waals surface area contributed by atoms with E-state index in [0.29, 0.717) is 43.2 Å². The van der Waals surface area contributed by atoms with Gasteiger partial charge in [0.15, 0.2) is 0 Å². The maximum absolute atomic E-state index is 13.0. The van der Waals surface area contributed by atoms with E-state index in [2.05, 4.69) is 10.6 Å². The molecule has 1 aliphatic rings. The van der Waals surface area contributed by atoms with Gasteiger partial charge in [-0.05, 0) is 49.6 Å². The molecule has 0 spiro atoms. The summed E-state index contributed by atoms with van der Waals surface area (Å²) in [4.78, 5) is 27.7. The fourth-order valence-corrected chi connectivity index (χ4v) is 3.88. The summed E-state index contributed by atoms with van der Waals surface area (Å²) in [6.07, 6.45) is 1.45. The molecule has 3 rings (SSSR count). The topological polar surface area (TPSA) is 89.1 Å². The second-order valence-electron chi connectivity index (χ2n) is 8.12. The predicted molar refractivity (Wildman–Crippen MR) is 122 cm³/mol. The SMILES string of the molecule is COc1cccc(CNC(=O)[C@@]2(C)CCCN(C(=O)Nc3cc(OC)ccc3OC)C2)c1. The van der Waals surface area contributed by atoms with Crippen LogP contribution in [0.1, 0.15) is 25.3 Å². The molecule has 0 radical (unpaired) electrons. The quantitative estimate of drug-likeness (QED) is 0.685. The Balaban J connectivity index is 1.64. The molecule has 3 amide bonds. The number of carbonyl (C=O) groups is 2. The van der Waals surface area contributed by atoms with Crippen LogP contribution in [0.5, 0.6) is 17.2 Å². The summed E-state index contributed by atoms with van der Waals surface area (Å²) in [5.74, 6) is 1.82. The number of methoxy groups -OCH3 is 3. The monoisotopic (exact) mass is 441 g/mol. The minimum atomic E-state index is -0.674. The van der Waals surface area contributed by atoms with Crippen molar-refractivity contribution in [3.63, 3.8) is 0 Å². The normalized spacial score (nSPS) is 17.9. The molecular formula is C24H31N3O5. The lowest BCUT2D eigenvalue weighted by Gasteiger charge is -2.39. The molecule has 172 valence electrons. The van der Waals surface area contributed by atoms with Gasteiger partial charge < -0.3 is 29.7 Å². The van der Waals surface area contributed by atoms with Gasteiger partial charge in [0.25, 0.3) is 0 Å². The zero-order chi connectivity index (χ0) is 23.1. The molecule has 1 atom stereocenters. The van der Waals surface area contributed by atoms with E-state index in [4.69, 9.17) is 14.2 Å². The Bertz CT molecular complexity index is 964. The lowest BCUT2D eigenvalue weighted by molar-refractivity contribution is -0.132. The molecule has 1 saturated heterocycles. The summed E-state index contributed by atoms with van der Waals surface area (Å²) in [5, 5.41) is 5.90. The maximum Gasteiger partial charge on any atom is 0.321 e. The summed E-state index contributed by atoms with van der Waals surface area (Å²) < 4.78 is 15.8. The Morgan fingerprint density at radius 3 is 2.50 bits per heavy atom. The van der Waals surface area contributed by atoms with Crippen LogP contribution in [0.2, 0.25) is 0 Å². The summed E-state index contributed by atoms with van der Waals surface area (Å²) >= 11 is 0. The lowest BCUT2D eigenvalue weighted by atomic mass is 9.81. The molecule has 1 fully saturated rings. The summed E-state index contributed by atoms with van der Waals surface area (Å²) in [6, 6.07) is 12.5. The number of benzene rings is 2. The molecule has 0 bridgehead atoms. The number of ether oxygens (including phenoxy) is 3. The highest BCUT2D eigenvalue weighted by Crippen LogP contribution is 2.32. The summed E-state index contributed by atoms with van der Waals surface area (Å²) in [5.41, 5.74) is 0.802. The van der Waals surface area contributed by atoms with Gasteiger partial charge in [-0.1, -0.05) is 12.1 Å². The first-order valence-corrected chi connectivity index (χ1v) is 10.6. The van der Waals surface area contributed by atoms with Crippen LogP contribution in [-0.2, 0) is 11.3 Å². The van der Waals surface area contributed by atoms with E-state index < -0.39 is 5.41 Å². The van der Waals surface area contributed by atoms with Gasteiger partial charge in [0.05, 0.1) is 32.4 Å². The molecule has 1 heterocycles. The van der Waals surface area contributed by atoms with Gasteiger partial charge in [-0.15, -0.1) is 0 Å². The lowest BCUT2D eigenvalue weighted by Crippen LogP contribution is -2.52. The van der Waals surface area contributed by atoms with Crippen molar-refractivity contribution in [2.75, 3.05) is 39.7 Å². The van der Waals surface area contributed by atoms with Crippen LogP contribution in [0, 0.1) is 5.41 Å². The van der Waals surface area contributed by atoms with Crippen LogP contribution >= 0.6 is 0 Å². The van der Waals surface area contributed by atoms with Crippen LogP contribution in [0.25, 0.3) is 0 Å². The highest BCUT2D eigenvalue weighted by Gasteiger charge is 2.39. The van der Waals surface area contributed by atoms with E-state index in [1.54, 1.807) is 44.4 Å². The minimum absolute atomic E-state index is 0.0724. The number of rotatable bonds is 7. The molecule has 0 unspecified atom stereocenters. The molecule has 0 aromatic heterocycles. The number of nitrogens with zero attached hydrogens (tertiary/aromatic N) is 1. The number of hydrogen-bond acceptors (Lipinski definition) is 5. The third kappa shape index (κ3) is 5.43. The van der Waals surface area contributed by atoms with Gasteiger partial charge in [-0.2, -0.15) is 0 Å². The second kappa shape index (κ2) is 10.3. The van der Waals surface area contributed by atoms with Crippen LogP contribution in [0.15, 0.2) is 42.5 Å². The number of amides is 3. The number of anilines is 1. The van der Waals surface area contributed by atoms with E-state index >= 15 is 0 Å². The van der Waals surface area contributed by atoms with Gasteiger partial charge in [0.1, 0.15) is 17.2 Å². The third-order valence-corrected chi connectivity index (χ3v) is 5.77. The Morgan fingerprint density at radius 1 is 1.03 bits per heavy atom.